The SMILES string of the molecule is NC1CCCCC1(N)c1ncc2cncc(-c3c[nH]c4c(C(F)(F)F)cccc34)c2n1. The smallest absolute Gasteiger partial charge is 0.360 e. The largest absolute Gasteiger partial charge is 0.418 e. The van der Waals surface area contributed by atoms with E-state index in [-0.39, 0.29) is 11.6 Å². The highest BCUT2D eigenvalue weighted by Crippen LogP contribution is 2.39. The minimum Gasteiger partial charge on any atom is -0.360 e. The number of pyridine rings is 1. The summed E-state index contributed by atoms with van der Waals surface area (Å²) in [6.45, 7) is 0. The average molecular weight is 426 g/mol. The predicted molar refractivity (Wildman–Crippen MR) is 112 cm³/mol. The molecule has 2 atom stereocenters. The third-order valence-corrected chi connectivity index (χ3v) is 6.23. The number of aromatic amines is 1. The second-order valence-electron chi connectivity index (χ2n) is 8.14. The van der Waals surface area contributed by atoms with E-state index in [0.29, 0.717) is 39.7 Å². The zero-order valence-corrected chi connectivity index (χ0v) is 16.6. The lowest BCUT2D eigenvalue weighted by molar-refractivity contribution is -0.136. The maximum absolute atomic E-state index is 13.4. The quantitative estimate of drug-likeness (QED) is 0.444. The number of alkyl halides is 3. The van der Waals surface area contributed by atoms with Crippen LogP contribution in [0.3, 0.4) is 0 Å². The first-order valence-electron chi connectivity index (χ1n) is 10.1. The van der Waals surface area contributed by atoms with Crippen molar-refractivity contribution in [2.45, 2.75) is 43.4 Å². The lowest BCUT2D eigenvalue weighted by Gasteiger charge is -2.37. The molecule has 1 fully saturated rings. The predicted octanol–water partition coefficient (Wildman–Crippen LogP) is 4.25. The van der Waals surface area contributed by atoms with E-state index in [1.165, 1.54) is 6.07 Å². The van der Waals surface area contributed by atoms with Gasteiger partial charge in [-0.1, -0.05) is 25.0 Å². The van der Waals surface area contributed by atoms with Gasteiger partial charge < -0.3 is 16.5 Å². The molecular formula is C22H21F3N6. The monoisotopic (exact) mass is 426 g/mol. The molecule has 0 aliphatic heterocycles. The standard InChI is InChI=1S/C22H21F3N6/c23-22(24,25)16-5-3-4-13-14(11-29-19(13)16)15-10-28-8-12-9-30-20(31-18(12)15)21(27)7-2-1-6-17(21)26/h3-5,8-11,17,29H,1-2,6-7,26-27H2. The van der Waals surface area contributed by atoms with E-state index < -0.39 is 17.3 Å². The van der Waals surface area contributed by atoms with Crippen molar-refractivity contribution in [2.24, 2.45) is 11.5 Å². The van der Waals surface area contributed by atoms with Gasteiger partial charge in [0.2, 0.25) is 0 Å². The maximum Gasteiger partial charge on any atom is 0.418 e. The highest BCUT2D eigenvalue weighted by atomic mass is 19.4. The van der Waals surface area contributed by atoms with E-state index in [0.717, 1.165) is 25.3 Å². The molecule has 1 saturated carbocycles. The van der Waals surface area contributed by atoms with Crippen molar-refractivity contribution < 1.29 is 13.2 Å². The summed E-state index contributed by atoms with van der Waals surface area (Å²) in [7, 11) is 0. The molecule has 160 valence electrons. The summed E-state index contributed by atoms with van der Waals surface area (Å²) in [5, 5.41) is 1.12. The molecule has 2 unspecified atom stereocenters. The Labute approximate surface area is 175 Å². The van der Waals surface area contributed by atoms with Gasteiger partial charge in [0.25, 0.3) is 0 Å². The van der Waals surface area contributed by atoms with Crippen LogP contribution in [0, 0.1) is 0 Å². The molecule has 9 heteroatoms. The third kappa shape index (κ3) is 3.16. The lowest BCUT2D eigenvalue weighted by Crippen LogP contribution is -2.55. The first kappa shape index (κ1) is 19.9. The zero-order valence-electron chi connectivity index (χ0n) is 16.6. The minimum absolute atomic E-state index is 0.0286. The number of nitrogens with two attached hydrogens (primary N) is 2. The number of para-hydroxylation sites is 1. The molecule has 6 nitrogen and oxygen atoms in total. The van der Waals surface area contributed by atoms with Gasteiger partial charge in [0.15, 0.2) is 0 Å². The van der Waals surface area contributed by atoms with Gasteiger partial charge in [-0.2, -0.15) is 13.2 Å². The van der Waals surface area contributed by atoms with E-state index in [1.54, 1.807) is 30.9 Å². The molecule has 0 bridgehead atoms. The number of hydrogen-bond acceptors (Lipinski definition) is 5. The fourth-order valence-electron chi connectivity index (χ4n) is 4.49. The molecule has 3 heterocycles. The number of H-pyrrole nitrogens is 1. The Bertz CT molecular complexity index is 1280. The van der Waals surface area contributed by atoms with E-state index >= 15 is 0 Å². The van der Waals surface area contributed by atoms with Gasteiger partial charge in [0.05, 0.1) is 22.1 Å². The van der Waals surface area contributed by atoms with Gasteiger partial charge >= 0.3 is 6.18 Å². The second kappa shape index (κ2) is 7.00. The van der Waals surface area contributed by atoms with E-state index in [1.807, 2.05) is 0 Å². The molecule has 0 saturated heterocycles. The first-order chi connectivity index (χ1) is 14.8. The van der Waals surface area contributed by atoms with Gasteiger partial charge in [-0.05, 0) is 18.9 Å². The van der Waals surface area contributed by atoms with Crippen LogP contribution in [0.4, 0.5) is 13.2 Å². The summed E-state index contributed by atoms with van der Waals surface area (Å²) in [5.41, 5.74) is 13.2. The van der Waals surface area contributed by atoms with Crippen molar-refractivity contribution in [3.8, 4) is 11.1 Å². The number of hydrogen-bond donors (Lipinski definition) is 3. The summed E-state index contributed by atoms with van der Waals surface area (Å²) >= 11 is 0. The van der Waals surface area contributed by atoms with Crippen LogP contribution in [0.15, 0.2) is 43.0 Å². The van der Waals surface area contributed by atoms with Crippen molar-refractivity contribution >= 4 is 21.8 Å². The molecule has 1 aliphatic rings. The summed E-state index contributed by atoms with van der Waals surface area (Å²) in [4.78, 5) is 16.3. The van der Waals surface area contributed by atoms with Crippen LogP contribution < -0.4 is 11.5 Å². The fraction of sp³-hybridized carbons (Fsp3) is 0.318. The lowest BCUT2D eigenvalue weighted by atomic mass is 9.78. The Morgan fingerprint density at radius 3 is 2.71 bits per heavy atom. The number of nitrogens with one attached hydrogen (secondary N) is 1. The Morgan fingerprint density at radius 2 is 1.94 bits per heavy atom. The van der Waals surface area contributed by atoms with Crippen LogP contribution >= 0.6 is 0 Å². The summed E-state index contributed by atoms with van der Waals surface area (Å²) in [6, 6.07) is 3.86. The average Bonchev–Trinajstić information content (AvgIpc) is 3.18. The van der Waals surface area contributed by atoms with Crippen LogP contribution in [0.5, 0.6) is 0 Å². The molecule has 1 aromatic carbocycles. The molecule has 3 aromatic heterocycles. The molecular weight excluding hydrogens is 405 g/mol. The first-order valence-corrected chi connectivity index (χ1v) is 10.1. The highest BCUT2D eigenvalue weighted by molar-refractivity contribution is 6.03. The van der Waals surface area contributed by atoms with Gasteiger partial charge in [0.1, 0.15) is 5.82 Å². The van der Waals surface area contributed by atoms with Gasteiger partial charge in [-0.3, -0.25) is 4.98 Å². The van der Waals surface area contributed by atoms with E-state index in [4.69, 9.17) is 16.5 Å². The van der Waals surface area contributed by atoms with Crippen LogP contribution in [0.25, 0.3) is 32.9 Å². The summed E-state index contributed by atoms with van der Waals surface area (Å²) in [5.74, 6) is 0.454. The maximum atomic E-state index is 13.4. The van der Waals surface area contributed by atoms with Crippen molar-refractivity contribution in [1.82, 2.24) is 19.9 Å². The van der Waals surface area contributed by atoms with Crippen molar-refractivity contribution in [2.75, 3.05) is 0 Å². The van der Waals surface area contributed by atoms with Crippen molar-refractivity contribution in [3.05, 3.63) is 54.4 Å². The molecule has 0 radical (unpaired) electrons. The molecule has 5 rings (SSSR count). The zero-order chi connectivity index (χ0) is 21.8. The van der Waals surface area contributed by atoms with Crippen molar-refractivity contribution in [3.63, 3.8) is 0 Å². The molecule has 4 aromatic rings. The van der Waals surface area contributed by atoms with E-state index in [2.05, 4.69) is 15.0 Å². The number of aromatic nitrogens is 4. The topological polar surface area (TPSA) is 107 Å². The highest BCUT2D eigenvalue weighted by Gasteiger charge is 2.39. The second-order valence-corrected chi connectivity index (χ2v) is 8.14. The molecule has 5 N–H and O–H groups in total. The molecule has 1 aliphatic carbocycles. The Balaban J connectivity index is 1.71. The fourth-order valence-corrected chi connectivity index (χ4v) is 4.49. The number of benzene rings is 1. The van der Waals surface area contributed by atoms with Gasteiger partial charge in [-0.25, -0.2) is 9.97 Å². The molecule has 0 amide bonds. The number of fused-ring (bicyclic) bond motifs is 2. The summed E-state index contributed by atoms with van der Waals surface area (Å²) in [6.07, 6.45) is 5.41. The Hall–Kier alpha value is -3.04. The van der Waals surface area contributed by atoms with Gasteiger partial charge in [-0.15, -0.1) is 0 Å². The molecule has 31 heavy (non-hydrogen) atoms. The number of rotatable bonds is 2. The summed E-state index contributed by atoms with van der Waals surface area (Å²) < 4.78 is 40.3. The normalized spacial score (nSPS) is 22.3. The number of nitrogens with zero attached hydrogens (tertiary/aromatic N) is 3. The molecule has 0 spiro atoms. The Kier molecular flexibility index (Phi) is 4.49. The van der Waals surface area contributed by atoms with Crippen LogP contribution in [-0.2, 0) is 11.7 Å². The van der Waals surface area contributed by atoms with Gasteiger partial charge in [0, 0.05) is 52.7 Å². The third-order valence-electron chi connectivity index (χ3n) is 6.23. The van der Waals surface area contributed by atoms with Crippen LogP contribution in [0.1, 0.15) is 37.1 Å². The van der Waals surface area contributed by atoms with E-state index in [9.17, 15) is 13.2 Å². The Morgan fingerprint density at radius 1 is 1.10 bits per heavy atom. The van der Waals surface area contributed by atoms with Crippen LogP contribution in [-0.4, -0.2) is 26.0 Å². The van der Waals surface area contributed by atoms with Crippen molar-refractivity contribution in [1.29, 1.82) is 0 Å². The minimum atomic E-state index is -4.46. The number of halogens is 3. The van der Waals surface area contributed by atoms with Crippen LogP contribution in [0.2, 0.25) is 0 Å².